The van der Waals surface area contributed by atoms with Gasteiger partial charge in [-0.1, -0.05) is 19.9 Å². The highest BCUT2D eigenvalue weighted by Crippen LogP contribution is 2.23. The van der Waals surface area contributed by atoms with Gasteiger partial charge in [0.2, 0.25) is 0 Å². The third-order valence-electron chi connectivity index (χ3n) is 4.24. The summed E-state index contributed by atoms with van der Waals surface area (Å²) in [6.45, 7) is 7.41. The molecule has 0 spiro atoms. The molecule has 1 aliphatic rings. The van der Waals surface area contributed by atoms with E-state index in [1.54, 1.807) is 18.0 Å². The van der Waals surface area contributed by atoms with E-state index in [9.17, 15) is 9.90 Å². The fourth-order valence-electron chi connectivity index (χ4n) is 2.91. The Morgan fingerprint density at radius 2 is 2.23 bits per heavy atom. The van der Waals surface area contributed by atoms with Crippen LogP contribution in [-0.2, 0) is 0 Å². The first kappa shape index (κ1) is 16.7. The number of urea groups is 1. The number of aromatic nitrogens is 1. The molecule has 0 aromatic carbocycles. The van der Waals surface area contributed by atoms with Crippen LogP contribution in [0.15, 0.2) is 24.4 Å². The lowest BCUT2D eigenvalue weighted by Gasteiger charge is -2.24. The molecule has 22 heavy (non-hydrogen) atoms. The van der Waals surface area contributed by atoms with Crippen LogP contribution in [0.1, 0.15) is 45.3 Å². The van der Waals surface area contributed by atoms with Gasteiger partial charge in [-0.05, 0) is 37.8 Å². The SMILES string of the molecule is CC(C)C[C@H](NC(=O)N1CC[C@@H]([C@H](C)O)C1)c1ccccn1. The van der Waals surface area contributed by atoms with E-state index < -0.39 is 0 Å². The summed E-state index contributed by atoms with van der Waals surface area (Å²) in [5.41, 5.74) is 0.899. The minimum atomic E-state index is -0.361. The van der Waals surface area contributed by atoms with Gasteiger partial charge in [-0.15, -0.1) is 0 Å². The molecule has 1 saturated heterocycles. The second-order valence-corrected chi connectivity index (χ2v) is 6.62. The maximum absolute atomic E-state index is 12.5. The van der Waals surface area contributed by atoms with E-state index in [1.165, 1.54) is 0 Å². The van der Waals surface area contributed by atoms with Crippen molar-refractivity contribution in [1.82, 2.24) is 15.2 Å². The summed E-state index contributed by atoms with van der Waals surface area (Å²) in [6.07, 6.45) is 3.12. The van der Waals surface area contributed by atoms with E-state index in [1.807, 2.05) is 18.2 Å². The molecule has 0 aliphatic carbocycles. The van der Waals surface area contributed by atoms with Gasteiger partial charge in [0.1, 0.15) is 0 Å². The van der Waals surface area contributed by atoms with Crippen LogP contribution in [-0.4, -0.2) is 40.2 Å². The summed E-state index contributed by atoms with van der Waals surface area (Å²) in [5.74, 6) is 0.653. The number of nitrogens with one attached hydrogen (secondary N) is 1. The van der Waals surface area contributed by atoms with E-state index in [4.69, 9.17) is 0 Å². The molecule has 3 atom stereocenters. The highest BCUT2D eigenvalue weighted by atomic mass is 16.3. The molecular formula is C17H27N3O2. The van der Waals surface area contributed by atoms with Crippen molar-refractivity contribution in [2.45, 2.75) is 45.8 Å². The molecule has 0 bridgehead atoms. The van der Waals surface area contributed by atoms with Gasteiger partial charge in [0, 0.05) is 25.2 Å². The summed E-state index contributed by atoms with van der Waals surface area (Å²) in [4.78, 5) is 18.7. The van der Waals surface area contributed by atoms with E-state index in [0.717, 1.165) is 18.5 Å². The van der Waals surface area contributed by atoms with E-state index in [-0.39, 0.29) is 24.1 Å². The van der Waals surface area contributed by atoms with Crippen molar-refractivity contribution in [3.8, 4) is 0 Å². The van der Waals surface area contributed by atoms with Crippen LogP contribution < -0.4 is 5.32 Å². The number of carbonyl (C=O) groups is 1. The number of aliphatic hydroxyl groups excluding tert-OH is 1. The molecule has 1 aliphatic heterocycles. The van der Waals surface area contributed by atoms with Gasteiger partial charge in [-0.3, -0.25) is 4.98 Å². The number of likely N-dealkylation sites (tertiary alicyclic amines) is 1. The lowest BCUT2D eigenvalue weighted by atomic mass is 10.0. The third-order valence-corrected chi connectivity index (χ3v) is 4.24. The quantitative estimate of drug-likeness (QED) is 0.878. The maximum atomic E-state index is 12.5. The summed E-state index contributed by atoms with van der Waals surface area (Å²) in [6, 6.07) is 5.65. The number of aliphatic hydroxyl groups is 1. The van der Waals surface area contributed by atoms with Crippen molar-refractivity contribution >= 4 is 6.03 Å². The highest BCUT2D eigenvalue weighted by Gasteiger charge is 2.30. The lowest BCUT2D eigenvalue weighted by Crippen LogP contribution is -2.41. The molecular weight excluding hydrogens is 278 g/mol. The molecule has 0 radical (unpaired) electrons. The Hall–Kier alpha value is -1.62. The topological polar surface area (TPSA) is 65.5 Å². The predicted octanol–water partition coefficient (Wildman–Crippen LogP) is 2.58. The highest BCUT2D eigenvalue weighted by molar-refractivity contribution is 5.75. The first-order chi connectivity index (χ1) is 10.5. The molecule has 2 rings (SSSR count). The van der Waals surface area contributed by atoms with Crippen LogP contribution in [0.5, 0.6) is 0 Å². The van der Waals surface area contributed by atoms with Crippen molar-refractivity contribution in [2.24, 2.45) is 11.8 Å². The number of pyridine rings is 1. The van der Waals surface area contributed by atoms with Gasteiger partial charge in [0.05, 0.1) is 17.8 Å². The zero-order valence-corrected chi connectivity index (χ0v) is 13.7. The first-order valence-corrected chi connectivity index (χ1v) is 8.11. The zero-order valence-electron chi connectivity index (χ0n) is 13.7. The molecule has 1 aromatic rings. The Morgan fingerprint density at radius 3 is 2.77 bits per heavy atom. The zero-order chi connectivity index (χ0) is 16.1. The Balaban J connectivity index is 2.00. The molecule has 5 nitrogen and oxygen atoms in total. The lowest BCUT2D eigenvalue weighted by molar-refractivity contribution is 0.129. The van der Waals surface area contributed by atoms with Crippen molar-refractivity contribution in [3.05, 3.63) is 30.1 Å². The molecule has 0 saturated carbocycles. The summed E-state index contributed by atoms with van der Waals surface area (Å²) in [5, 5.41) is 12.8. The van der Waals surface area contributed by atoms with Crippen LogP contribution in [0.4, 0.5) is 4.79 Å². The van der Waals surface area contributed by atoms with E-state index in [0.29, 0.717) is 19.0 Å². The Morgan fingerprint density at radius 1 is 1.45 bits per heavy atom. The average Bonchev–Trinajstić information content (AvgIpc) is 2.97. The van der Waals surface area contributed by atoms with Crippen LogP contribution in [0.3, 0.4) is 0 Å². The van der Waals surface area contributed by atoms with Gasteiger partial charge in [0.25, 0.3) is 0 Å². The van der Waals surface area contributed by atoms with E-state index >= 15 is 0 Å². The number of hydrogen-bond donors (Lipinski definition) is 2. The van der Waals surface area contributed by atoms with Gasteiger partial charge in [-0.2, -0.15) is 0 Å². The fraction of sp³-hybridized carbons (Fsp3) is 0.647. The molecule has 2 N–H and O–H groups in total. The molecule has 2 heterocycles. The molecule has 2 amide bonds. The second kappa shape index (κ2) is 7.58. The normalized spacial score (nSPS) is 21.0. The van der Waals surface area contributed by atoms with Crippen molar-refractivity contribution in [2.75, 3.05) is 13.1 Å². The molecule has 1 aromatic heterocycles. The van der Waals surface area contributed by atoms with Gasteiger partial charge in [0.15, 0.2) is 0 Å². The monoisotopic (exact) mass is 305 g/mol. The Bertz CT molecular complexity index is 476. The number of rotatable bonds is 5. The van der Waals surface area contributed by atoms with Gasteiger partial charge < -0.3 is 15.3 Å². The van der Waals surface area contributed by atoms with Crippen LogP contribution in [0, 0.1) is 11.8 Å². The molecule has 5 heteroatoms. The van der Waals surface area contributed by atoms with Crippen LogP contribution in [0.2, 0.25) is 0 Å². The Kier molecular flexibility index (Phi) is 5.77. The minimum absolute atomic E-state index is 0.0561. The second-order valence-electron chi connectivity index (χ2n) is 6.62. The average molecular weight is 305 g/mol. The number of nitrogens with zero attached hydrogens (tertiary/aromatic N) is 2. The summed E-state index contributed by atoms with van der Waals surface area (Å²) < 4.78 is 0. The van der Waals surface area contributed by atoms with Gasteiger partial charge in [-0.25, -0.2) is 4.79 Å². The number of carbonyl (C=O) groups excluding carboxylic acids is 1. The first-order valence-electron chi connectivity index (χ1n) is 8.11. The van der Waals surface area contributed by atoms with Crippen molar-refractivity contribution in [1.29, 1.82) is 0 Å². The predicted molar refractivity (Wildman–Crippen MR) is 86.3 cm³/mol. The minimum Gasteiger partial charge on any atom is -0.393 e. The van der Waals surface area contributed by atoms with Crippen molar-refractivity contribution in [3.63, 3.8) is 0 Å². The molecule has 1 fully saturated rings. The van der Waals surface area contributed by atoms with Gasteiger partial charge >= 0.3 is 6.03 Å². The molecule has 0 unspecified atom stereocenters. The standard InChI is InChI=1S/C17H27N3O2/c1-12(2)10-16(15-6-4-5-8-18-15)19-17(22)20-9-7-14(11-20)13(3)21/h4-6,8,12-14,16,21H,7,9-11H2,1-3H3,(H,19,22)/t13-,14+,16-/m0/s1. The van der Waals surface area contributed by atoms with Crippen LogP contribution >= 0.6 is 0 Å². The fourth-order valence-corrected chi connectivity index (χ4v) is 2.91. The smallest absolute Gasteiger partial charge is 0.317 e. The van der Waals surface area contributed by atoms with Crippen molar-refractivity contribution < 1.29 is 9.90 Å². The van der Waals surface area contributed by atoms with Crippen LogP contribution in [0.25, 0.3) is 0 Å². The number of amides is 2. The maximum Gasteiger partial charge on any atom is 0.317 e. The summed E-state index contributed by atoms with van der Waals surface area (Å²) in [7, 11) is 0. The number of hydrogen-bond acceptors (Lipinski definition) is 3. The largest absolute Gasteiger partial charge is 0.393 e. The summed E-state index contributed by atoms with van der Waals surface area (Å²) >= 11 is 0. The molecule has 122 valence electrons. The third kappa shape index (κ3) is 4.44. The Labute approximate surface area is 132 Å². The van der Waals surface area contributed by atoms with E-state index in [2.05, 4.69) is 24.1 Å².